The van der Waals surface area contributed by atoms with Crippen LogP contribution in [0.5, 0.6) is 0 Å². The monoisotopic (exact) mass is 358 g/mol. The summed E-state index contributed by atoms with van der Waals surface area (Å²) in [6.07, 6.45) is -0.102. The molecule has 0 aliphatic carbocycles. The maximum atomic E-state index is 12.6. The van der Waals surface area contributed by atoms with Crippen LogP contribution < -0.4 is 0 Å². The van der Waals surface area contributed by atoms with Crippen molar-refractivity contribution in [2.75, 3.05) is 6.54 Å². The second-order valence-corrected chi connectivity index (χ2v) is 6.92. The smallest absolute Gasteiger partial charge is 0.305 e. The molecule has 1 N–H and O–H groups in total. The van der Waals surface area contributed by atoms with Crippen LogP contribution in [0.4, 0.5) is 0 Å². The standard InChI is InChI=1S/C18H18N2O4S/c1-11(2)20(10-9-16(21)22)18(23)14-8-7-13(24-14)17-19-12-5-3-4-6-15(12)25-17/h3-8,11H,9-10H2,1-2H3,(H,21,22). The van der Waals surface area contributed by atoms with Gasteiger partial charge in [0.15, 0.2) is 16.5 Å². The van der Waals surface area contributed by atoms with Crippen molar-refractivity contribution in [3.8, 4) is 10.8 Å². The Morgan fingerprint density at radius 2 is 2.00 bits per heavy atom. The number of carboxylic acids is 1. The van der Waals surface area contributed by atoms with Crippen LogP contribution in [0.15, 0.2) is 40.8 Å². The predicted octanol–water partition coefficient (Wildman–Crippen LogP) is 3.88. The van der Waals surface area contributed by atoms with Crippen molar-refractivity contribution >= 4 is 33.4 Å². The molecule has 130 valence electrons. The zero-order chi connectivity index (χ0) is 18.0. The molecule has 1 aromatic carbocycles. The van der Waals surface area contributed by atoms with Gasteiger partial charge in [-0.2, -0.15) is 0 Å². The lowest BCUT2D eigenvalue weighted by Gasteiger charge is -2.25. The van der Waals surface area contributed by atoms with Crippen LogP contribution in [-0.4, -0.2) is 39.5 Å². The maximum Gasteiger partial charge on any atom is 0.305 e. The number of carbonyl (C=O) groups is 2. The molecule has 0 bridgehead atoms. The molecule has 0 aliphatic rings. The molecular weight excluding hydrogens is 340 g/mol. The van der Waals surface area contributed by atoms with Crippen LogP contribution in [0, 0.1) is 0 Å². The molecule has 0 saturated carbocycles. The number of hydrogen-bond acceptors (Lipinski definition) is 5. The van der Waals surface area contributed by atoms with Crippen molar-refractivity contribution in [1.82, 2.24) is 9.88 Å². The average molecular weight is 358 g/mol. The molecule has 2 heterocycles. The number of furan rings is 1. The molecule has 25 heavy (non-hydrogen) atoms. The van der Waals surface area contributed by atoms with Crippen molar-refractivity contribution in [1.29, 1.82) is 0 Å². The minimum Gasteiger partial charge on any atom is -0.481 e. The molecule has 0 aliphatic heterocycles. The lowest BCUT2D eigenvalue weighted by atomic mass is 10.2. The fraction of sp³-hybridized carbons (Fsp3) is 0.278. The number of rotatable bonds is 6. The zero-order valence-corrected chi connectivity index (χ0v) is 14.7. The Hall–Kier alpha value is -2.67. The Balaban J connectivity index is 1.83. The number of nitrogens with zero attached hydrogens (tertiary/aromatic N) is 2. The quantitative estimate of drug-likeness (QED) is 0.723. The Morgan fingerprint density at radius 1 is 1.24 bits per heavy atom. The van der Waals surface area contributed by atoms with Crippen molar-refractivity contribution in [3.63, 3.8) is 0 Å². The van der Waals surface area contributed by atoms with Gasteiger partial charge in [-0.1, -0.05) is 12.1 Å². The number of hydrogen-bond donors (Lipinski definition) is 1. The van der Waals surface area contributed by atoms with E-state index in [2.05, 4.69) is 4.98 Å². The SMILES string of the molecule is CC(C)N(CCC(=O)O)C(=O)c1ccc(-c2nc3ccccc3s2)o1. The molecule has 1 amide bonds. The molecule has 2 aromatic heterocycles. The van der Waals surface area contributed by atoms with E-state index >= 15 is 0 Å². The zero-order valence-electron chi connectivity index (χ0n) is 13.9. The van der Waals surface area contributed by atoms with E-state index in [1.54, 1.807) is 12.1 Å². The fourth-order valence-corrected chi connectivity index (χ4v) is 3.42. The molecule has 6 nitrogen and oxygen atoms in total. The molecule has 3 aromatic rings. The predicted molar refractivity (Wildman–Crippen MR) is 95.7 cm³/mol. The van der Waals surface area contributed by atoms with Crippen LogP contribution in [0.25, 0.3) is 21.0 Å². The van der Waals surface area contributed by atoms with Gasteiger partial charge in [0.1, 0.15) is 0 Å². The minimum atomic E-state index is -0.937. The minimum absolute atomic E-state index is 0.102. The van der Waals surface area contributed by atoms with Gasteiger partial charge in [0.05, 0.1) is 16.6 Å². The molecule has 0 radical (unpaired) electrons. The summed E-state index contributed by atoms with van der Waals surface area (Å²) < 4.78 is 6.76. The van der Waals surface area contributed by atoms with Crippen LogP contribution >= 0.6 is 11.3 Å². The Labute approximate surface area is 148 Å². The first kappa shape index (κ1) is 17.2. The van der Waals surface area contributed by atoms with Gasteiger partial charge < -0.3 is 14.4 Å². The molecule has 0 unspecified atom stereocenters. The third-order valence-electron chi connectivity index (χ3n) is 3.77. The van der Waals surface area contributed by atoms with Gasteiger partial charge in [0.2, 0.25) is 0 Å². The highest BCUT2D eigenvalue weighted by molar-refractivity contribution is 7.21. The number of aliphatic carboxylic acids is 1. The Morgan fingerprint density at radius 3 is 2.68 bits per heavy atom. The normalized spacial score (nSPS) is 11.2. The number of fused-ring (bicyclic) bond motifs is 1. The van der Waals surface area contributed by atoms with Gasteiger partial charge >= 0.3 is 5.97 Å². The van der Waals surface area contributed by atoms with Gasteiger partial charge in [-0.25, -0.2) is 4.98 Å². The molecular formula is C18H18N2O4S. The number of thiazole rings is 1. The van der Waals surface area contributed by atoms with Gasteiger partial charge in [0.25, 0.3) is 5.91 Å². The largest absolute Gasteiger partial charge is 0.481 e. The van der Waals surface area contributed by atoms with Gasteiger partial charge in [-0.3, -0.25) is 9.59 Å². The van der Waals surface area contributed by atoms with E-state index in [1.165, 1.54) is 16.2 Å². The molecule has 0 saturated heterocycles. The highest BCUT2D eigenvalue weighted by atomic mass is 32.1. The first-order valence-electron chi connectivity index (χ1n) is 7.94. The van der Waals surface area contributed by atoms with E-state index in [1.807, 2.05) is 38.1 Å². The van der Waals surface area contributed by atoms with Crippen molar-refractivity contribution in [2.24, 2.45) is 0 Å². The Bertz CT molecular complexity index is 880. The van der Waals surface area contributed by atoms with E-state index in [0.29, 0.717) is 10.8 Å². The summed E-state index contributed by atoms with van der Waals surface area (Å²) in [6, 6.07) is 11.0. The third-order valence-corrected chi connectivity index (χ3v) is 4.82. The van der Waals surface area contributed by atoms with E-state index in [9.17, 15) is 9.59 Å². The summed E-state index contributed by atoms with van der Waals surface area (Å²) in [5.74, 6) is -0.531. The molecule has 0 spiro atoms. The molecule has 0 fully saturated rings. The number of para-hydroxylation sites is 1. The van der Waals surface area contributed by atoms with Gasteiger partial charge in [-0.15, -0.1) is 11.3 Å². The molecule has 3 rings (SSSR count). The summed E-state index contributed by atoms with van der Waals surface area (Å²) in [5.41, 5.74) is 0.886. The average Bonchev–Trinajstić information content (AvgIpc) is 3.20. The van der Waals surface area contributed by atoms with E-state index in [4.69, 9.17) is 9.52 Å². The Kier molecular flexibility index (Phi) is 4.85. The summed E-state index contributed by atoms with van der Waals surface area (Å²) >= 11 is 1.50. The maximum absolute atomic E-state index is 12.6. The summed E-state index contributed by atoms with van der Waals surface area (Å²) in [5, 5.41) is 9.56. The van der Waals surface area contributed by atoms with Crippen molar-refractivity contribution in [2.45, 2.75) is 26.3 Å². The molecule has 7 heteroatoms. The van der Waals surface area contributed by atoms with Crippen molar-refractivity contribution in [3.05, 3.63) is 42.2 Å². The van der Waals surface area contributed by atoms with Crippen LogP contribution in [0.2, 0.25) is 0 Å². The highest BCUT2D eigenvalue weighted by Gasteiger charge is 2.23. The summed E-state index contributed by atoms with van der Waals surface area (Å²) in [4.78, 5) is 29.4. The second-order valence-electron chi connectivity index (χ2n) is 5.89. The third kappa shape index (κ3) is 3.71. The number of amides is 1. The number of carboxylic acid groups (broad SMARTS) is 1. The first-order valence-corrected chi connectivity index (χ1v) is 8.76. The summed E-state index contributed by atoms with van der Waals surface area (Å²) in [7, 11) is 0. The highest BCUT2D eigenvalue weighted by Crippen LogP contribution is 2.31. The van der Waals surface area contributed by atoms with Crippen LogP contribution in [0.3, 0.4) is 0 Å². The van der Waals surface area contributed by atoms with Crippen molar-refractivity contribution < 1.29 is 19.1 Å². The van der Waals surface area contributed by atoms with Gasteiger partial charge in [-0.05, 0) is 38.1 Å². The number of carbonyl (C=O) groups excluding carboxylic acids is 1. The lowest BCUT2D eigenvalue weighted by molar-refractivity contribution is -0.137. The van der Waals surface area contributed by atoms with Crippen LogP contribution in [0.1, 0.15) is 30.8 Å². The van der Waals surface area contributed by atoms with Crippen LogP contribution in [-0.2, 0) is 4.79 Å². The van der Waals surface area contributed by atoms with E-state index < -0.39 is 5.97 Å². The van der Waals surface area contributed by atoms with E-state index in [-0.39, 0.29) is 30.7 Å². The van der Waals surface area contributed by atoms with E-state index in [0.717, 1.165) is 10.2 Å². The summed E-state index contributed by atoms with van der Waals surface area (Å²) in [6.45, 7) is 3.83. The number of aromatic nitrogens is 1. The first-order chi connectivity index (χ1) is 12.0. The lowest BCUT2D eigenvalue weighted by Crippen LogP contribution is -2.38. The fourth-order valence-electron chi connectivity index (χ4n) is 2.50. The topological polar surface area (TPSA) is 83.6 Å². The number of benzene rings is 1. The van der Waals surface area contributed by atoms with Gasteiger partial charge in [0, 0.05) is 12.6 Å². The molecule has 0 atom stereocenters. The second kappa shape index (κ2) is 7.06.